The lowest BCUT2D eigenvalue weighted by Crippen LogP contribution is -2.45. The predicted molar refractivity (Wildman–Crippen MR) is 126 cm³/mol. The second kappa shape index (κ2) is 11.5. The molecule has 0 aliphatic carbocycles. The van der Waals surface area contributed by atoms with Gasteiger partial charge in [-0.2, -0.15) is 36.9 Å². The molecule has 0 atom stereocenters. The van der Waals surface area contributed by atoms with E-state index in [2.05, 4.69) is 10.6 Å². The zero-order valence-corrected chi connectivity index (χ0v) is 20.6. The molecule has 0 saturated heterocycles. The highest BCUT2D eigenvalue weighted by Gasteiger charge is 2.35. The Kier molecular flexibility index (Phi) is 9.65. The molecule has 204 valence electrons. The van der Waals surface area contributed by atoms with Crippen molar-refractivity contribution in [2.24, 2.45) is 11.5 Å². The number of benzene rings is 2. The number of alkyl halides is 6. The number of amides is 2. The first-order chi connectivity index (χ1) is 17.1. The summed E-state index contributed by atoms with van der Waals surface area (Å²) in [7, 11) is 0. The standard InChI is InChI=1S/2C12H12F3N3O/c2*1-11(2,17)10(19)18-8-4-3-7(6-16)9(5-8)12(13,14)15/h2*3-5H,17H2,1-2H3,(H,18,19). The van der Waals surface area contributed by atoms with Crippen LogP contribution in [-0.4, -0.2) is 22.9 Å². The van der Waals surface area contributed by atoms with Crippen LogP contribution in [0.25, 0.3) is 0 Å². The van der Waals surface area contributed by atoms with Crippen molar-refractivity contribution >= 4 is 23.2 Å². The van der Waals surface area contributed by atoms with E-state index in [9.17, 15) is 35.9 Å². The van der Waals surface area contributed by atoms with Gasteiger partial charge in [0, 0.05) is 11.4 Å². The Bertz CT molecular complexity index is 1180. The number of carbonyl (C=O) groups is 2. The summed E-state index contributed by atoms with van der Waals surface area (Å²) < 4.78 is 76.2. The Morgan fingerprint density at radius 3 is 1.18 bits per heavy atom. The maximum absolute atomic E-state index is 12.7. The molecule has 38 heavy (non-hydrogen) atoms. The van der Waals surface area contributed by atoms with Gasteiger partial charge in [-0.1, -0.05) is 0 Å². The molecule has 2 rings (SSSR count). The number of carbonyl (C=O) groups excluding carboxylic acids is 2. The Balaban J connectivity index is 0.000000380. The summed E-state index contributed by atoms with van der Waals surface area (Å²) in [6.07, 6.45) is -9.33. The van der Waals surface area contributed by atoms with Crippen LogP contribution in [-0.2, 0) is 21.9 Å². The maximum Gasteiger partial charge on any atom is 0.417 e. The highest BCUT2D eigenvalue weighted by atomic mass is 19.4. The average molecular weight is 542 g/mol. The maximum atomic E-state index is 12.7. The van der Waals surface area contributed by atoms with Crippen molar-refractivity contribution in [3.63, 3.8) is 0 Å². The van der Waals surface area contributed by atoms with Crippen LogP contribution in [0.5, 0.6) is 0 Å². The molecule has 0 saturated carbocycles. The minimum atomic E-state index is -4.66. The van der Waals surface area contributed by atoms with E-state index in [0.717, 1.165) is 12.1 Å². The van der Waals surface area contributed by atoms with E-state index >= 15 is 0 Å². The number of nitriles is 2. The third-order valence-electron chi connectivity index (χ3n) is 4.58. The molecule has 6 N–H and O–H groups in total. The number of anilines is 2. The lowest BCUT2D eigenvalue weighted by atomic mass is 10.0. The molecule has 0 heterocycles. The summed E-state index contributed by atoms with van der Waals surface area (Å²) >= 11 is 0. The van der Waals surface area contributed by atoms with Gasteiger partial charge in [0.05, 0.1) is 45.5 Å². The monoisotopic (exact) mass is 542 g/mol. The first-order valence-corrected chi connectivity index (χ1v) is 10.5. The summed E-state index contributed by atoms with van der Waals surface area (Å²) in [5, 5.41) is 21.8. The van der Waals surface area contributed by atoms with Crippen LogP contribution in [0.1, 0.15) is 49.9 Å². The van der Waals surface area contributed by atoms with E-state index in [-0.39, 0.29) is 11.4 Å². The average Bonchev–Trinajstić information content (AvgIpc) is 2.77. The predicted octanol–water partition coefficient (Wildman–Crippen LogP) is 4.51. The van der Waals surface area contributed by atoms with E-state index in [1.165, 1.54) is 52.0 Å². The number of nitrogens with zero attached hydrogens (tertiary/aromatic N) is 2. The van der Waals surface area contributed by atoms with Crippen molar-refractivity contribution in [3.05, 3.63) is 58.7 Å². The van der Waals surface area contributed by atoms with Crippen LogP contribution in [0.4, 0.5) is 37.7 Å². The molecule has 0 bridgehead atoms. The number of halogens is 6. The summed E-state index contributed by atoms with van der Waals surface area (Å²) in [4.78, 5) is 23.1. The van der Waals surface area contributed by atoms with Gasteiger partial charge in [0.2, 0.25) is 11.8 Å². The van der Waals surface area contributed by atoms with Gasteiger partial charge in [-0.15, -0.1) is 0 Å². The molecule has 2 aromatic carbocycles. The molecular weight excluding hydrogens is 518 g/mol. The molecule has 0 aromatic heterocycles. The van der Waals surface area contributed by atoms with Gasteiger partial charge in [0.25, 0.3) is 0 Å². The van der Waals surface area contributed by atoms with Crippen molar-refractivity contribution in [1.82, 2.24) is 0 Å². The number of hydrogen-bond acceptors (Lipinski definition) is 6. The van der Waals surface area contributed by atoms with Crippen LogP contribution >= 0.6 is 0 Å². The molecule has 2 amide bonds. The Morgan fingerprint density at radius 2 is 0.974 bits per heavy atom. The lowest BCUT2D eigenvalue weighted by molar-refractivity contribution is -0.138. The van der Waals surface area contributed by atoms with Crippen molar-refractivity contribution in [3.8, 4) is 12.1 Å². The number of nitrogens with one attached hydrogen (secondary N) is 2. The highest BCUT2D eigenvalue weighted by molar-refractivity contribution is 5.98. The van der Waals surface area contributed by atoms with Crippen LogP contribution in [0.3, 0.4) is 0 Å². The number of hydrogen-bond donors (Lipinski definition) is 4. The van der Waals surface area contributed by atoms with E-state index in [4.69, 9.17) is 22.0 Å². The first kappa shape index (κ1) is 31.9. The van der Waals surface area contributed by atoms with Gasteiger partial charge < -0.3 is 22.1 Å². The van der Waals surface area contributed by atoms with Gasteiger partial charge in [-0.25, -0.2) is 0 Å². The summed E-state index contributed by atoms with van der Waals surface area (Å²) in [5.74, 6) is -1.24. The molecule has 8 nitrogen and oxygen atoms in total. The van der Waals surface area contributed by atoms with Crippen molar-refractivity contribution in [1.29, 1.82) is 10.5 Å². The largest absolute Gasteiger partial charge is 0.417 e. The van der Waals surface area contributed by atoms with Crippen LogP contribution in [0, 0.1) is 22.7 Å². The van der Waals surface area contributed by atoms with Crippen molar-refractivity contribution < 1.29 is 35.9 Å². The third kappa shape index (κ3) is 9.06. The van der Waals surface area contributed by atoms with Gasteiger partial charge in [0.1, 0.15) is 0 Å². The minimum Gasteiger partial charge on any atom is -0.324 e. The molecule has 0 spiro atoms. The van der Waals surface area contributed by atoms with Crippen LogP contribution < -0.4 is 22.1 Å². The quantitative estimate of drug-likeness (QED) is 0.417. The van der Waals surface area contributed by atoms with E-state index in [0.29, 0.717) is 12.1 Å². The number of nitrogens with two attached hydrogens (primary N) is 2. The zero-order valence-electron chi connectivity index (χ0n) is 20.6. The van der Waals surface area contributed by atoms with Gasteiger partial charge >= 0.3 is 12.4 Å². The fourth-order valence-corrected chi connectivity index (χ4v) is 2.49. The fraction of sp³-hybridized carbons (Fsp3) is 0.333. The van der Waals surface area contributed by atoms with Gasteiger partial charge in [-0.3, -0.25) is 9.59 Å². The van der Waals surface area contributed by atoms with Crippen LogP contribution in [0.15, 0.2) is 36.4 Å². The Hall–Kier alpha value is -4.14. The molecule has 0 fully saturated rings. The Morgan fingerprint density at radius 1 is 0.684 bits per heavy atom. The highest BCUT2D eigenvalue weighted by Crippen LogP contribution is 2.34. The van der Waals surface area contributed by atoms with E-state index in [1.54, 1.807) is 0 Å². The molecule has 2 aromatic rings. The second-order valence-corrected chi connectivity index (χ2v) is 9.09. The molecule has 14 heteroatoms. The third-order valence-corrected chi connectivity index (χ3v) is 4.58. The lowest BCUT2D eigenvalue weighted by Gasteiger charge is -2.18. The molecular formula is C24H24F6N6O2. The summed E-state index contributed by atoms with van der Waals surface area (Å²) in [6, 6.07) is 8.78. The van der Waals surface area contributed by atoms with Crippen molar-refractivity contribution in [2.75, 3.05) is 10.6 Å². The van der Waals surface area contributed by atoms with Crippen LogP contribution in [0.2, 0.25) is 0 Å². The molecule has 0 unspecified atom stereocenters. The smallest absolute Gasteiger partial charge is 0.324 e. The molecule has 0 radical (unpaired) electrons. The second-order valence-electron chi connectivity index (χ2n) is 9.09. The van der Waals surface area contributed by atoms with Gasteiger partial charge in [-0.05, 0) is 64.1 Å². The normalized spacial score (nSPS) is 11.8. The SMILES string of the molecule is CC(C)(N)C(=O)Nc1ccc(C#N)c(C(F)(F)F)c1.CC(C)(N)C(=O)Nc1ccc(C#N)c(C(F)(F)F)c1. The minimum absolute atomic E-state index is 0.0603. The van der Waals surface area contributed by atoms with E-state index in [1.807, 2.05) is 0 Å². The fourth-order valence-electron chi connectivity index (χ4n) is 2.49. The number of rotatable bonds is 4. The summed E-state index contributed by atoms with van der Waals surface area (Å²) in [6.45, 7) is 5.71. The molecule has 0 aliphatic rings. The van der Waals surface area contributed by atoms with E-state index < -0.39 is 57.5 Å². The Labute approximate surface area is 214 Å². The summed E-state index contributed by atoms with van der Waals surface area (Å²) in [5.41, 5.74) is 5.29. The first-order valence-electron chi connectivity index (χ1n) is 10.5. The zero-order chi connectivity index (χ0) is 29.7. The topological polar surface area (TPSA) is 158 Å². The van der Waals surface area contributed by atoms with Gasteiger partial charge in [0.15, 0.2) is 0 Å². The van der Waals surface area contributed by atoms with Crippen molar-refractivity contribution in [2.45, 2.75) is 51.1 Å². The molecule has 0 aliphatic heterocycles.